The minimum Gasteiger partial charge on any atom is -0.493 e. The summed E-state index contributed by atoms with van der Waals surface area (Å²) in [7, 11) is 0. The highest BCUT2D eigenvalue weighted by atomic mass is 19.4. The van der Waals surface area contributed by atoms with Crippen molar-refractivity contribution in [1.82, 2.24) is 10.2 Å². The second-order valence-electron chi connectivity index (χ2n) is 11.4. The number of halogens is 6. The van der Waals surface area contributed by atoms with Crippen LogP contribution in [0, 0.1) is 5.92 Å². The molecule has 0 spiro atoms. The van der Waals surface area contributed by atoms with Crippen LogP contribution in [-0.4, -0.2) is 66.2 Å². The molecule has 3 aliphatic rings. The summed E-state index contributed by atoms with van der Waals surface area (Å²) in [5.41, 5.74) is -7.55. The van der Waals surface area contributed by atoms with Gasteiger partial charge in [0, 0.05) is 30.0 Å². The van der Waals surface area contributed by atoms with Crippen molar-refractivity contribution < 1.29 is 55.2 Å². The van der Waals surface area contributed by atoms with Crippen molar-refractivity contribution in [3.8, 4) is 5.75 Å². The Morgan fingerprint density at radius 2 is 1.78 bits per heavy atom. The normalized spacial score (nSPS) is 22.2. The fourth-order valence-electron chi connectivity index (χ4n) is 6.07. The maximum Gasteiger partial charge on any atom is 0.430 e. The molecule has 2 N–H and O–H groups in total. The van der Waals surface area contributed by atoms with E-state index in [0.717, 1.165) is 4.90 Å². The Labute approximate surface area is 263 Å². The summed E-state index contributed by atoms with van der Waals surface area (Å²) in [5.74, 6) is 0.642. The van der Waals surface area contributed by atoms with E-state index in [9.17, 15) is 41.0 Å². The molecule has 2 atom stereocenters. The summed E-state index contributed by atoms with van der Waals surface area (Å²) in [6.45, 7) is 5.97. The Morgan fingerprint density at radius 1 is 1.09 bits per heavy atom. The van der Waals surface area contributed by atoms with E-state index in [1.54, 1.807) is 19.9 Å². The molecule has 0 radical (unpaired) electrons. The number of urea groups is 1. The smallest absolute Gasteiger partial charge is 0.430 e. The number of benzene rings is 1. The van der Waals surface area contributed by atoms with Crippen molar-refractivity contribution >= 4 is 18.0 Å². The number of alkyl halides is 6. The standard InChI is InChI=1S/C32H38F6N2O6/c1-4-9-20-17-23(30(43,31(33,34)35)32(36,37)38)18-21(10-5-2)26(20)46-14-8-7-13-40-27(41)29(6-3,39-28(40)42)22-11-12-24-25(19-22)45-16-15-44-24/h4,9,11-12,17-18,22,43H,5-8,10,13-16,19H2,1-3H3,(H,39,42)/b9-4+. The molecule has 0 aromatic heterocycles. The van der Waals surface area contributed by atoms with E-state index in [2.05, 4.69) is 5.32 Å². The molecular weight excluding hydrogens is 622 g/mol. The van der Waals surface area contributed by atoms with Crippen LogP contribution in [0.3, 0.4) is 0 Å². The van der Waals surface area contributed by atoms with E-state index in [0.29, 0.717) is 69.0 Å². The van der Waals surface area contributed by atoms with E-state index in [-0.39, 0.29) is 48.3 Å². The molecule has 4 rings (SSSR count). The van der Waals surface area contributed by atoms with E-state index in [1.165, 1.54) is 12.2 Å². The zero-order valence-corrected chi connectivity index (χ0v) is 25.8. The van der Waals surface area contributed by atoms with Crippen LogP contribution in [0.1, 0.15) is 69.6 Å². The molecule has 2 unspecified atom stereocenters. The molecule has 0 bridgehead atoms. The summed E-state index contributed by atoms with van der Waals surface area (Å²) in [6, 6.07) is 0.795. The van der Waals surface area contributed by atoms with Gasteiger partial charge in [0.25, 0.3) is 11.5 Å². The first-order chi connectivity index (χ1) is 21.6. The van der Waals surface area contributed by atoms with Gasteiger partial charge >= 0.3 is 18.4 Å². The van der Waals surface area contributed by atoms with Crippen LogP contribution in [0.5, 0.6) is 5.75 Å². The third-order valence-corrected chi connectivity index (χ3v) is 8.49. The molecule has 8 nitrogen and oxygen atoms in total. The molecule has 2 aliphatic heterocycles. The molecule has 1 aliphatic carbocycles. The lowest BCUT2D eigenvalue weighted by Crippen LogP contribution is -2.54. The first-order valence-electron chi connectivity index (χ1n) is 15.2. The second kappa shape index (κ2) is 13.6. The van der Waals surface area contributed by atoms with Gasteiger partial charge in [0.1, 0.15) is 30.3 Å². The van der Waals surface area contributed by atoms with Gasteiger partial charge in [0.05, 0.1) is 6.61 Å². The van der Waals surface area contributed by atoms with Gasteiger partial charge < -0.3 is 24.6 Å². The van der Waals surface area contributed by atoms with Gasteiger partial charge in [-0.1, -0.05) is 38.5 Å². The summed E-state index contributed by atoms with van der Waals surface area (Å²) in [5, 5.41) is 12.9. The van der Waals surface area contributed by atoms with Crippen molar-refractivity contribution in [2.45, 2.75) is 82.8 Å². The number of carbonyl (C=O) groups excluding carboxylic acids is 2. The van der Waals surface area contributed by atoms with Gasteiger partial charge in [-0.3, -0.25) is 9.69 Å². The molecule has 1 fully saturated rings. The summed E-state index contributed by atoms with van der Waals surface area (Å²) in [4.78, 5) is 27.7. The van der Waals surface area contributed by atoms with Crippen molar-refractivity contribution in [2.75, 3.05) is 26.4 Å². The highest BCUT2D eigenvalue weighted by Gasteiger charge is 2.71. The van der Waals surface area contributed by atoms with Crippen LogP contribution >= 0.6 is 0 Å². The van der Waals surface area contributed by atoms with Crippen LogP contribution < -0.4 is 10.1 Å². The predicted octanol–water partition coefficient (Wildman–Crippen LogP) is 6.68. The number of aliphatic hydroxyl groups is 1. The van der Waals surface area contributed by atoms with Crippen LogP contribution in [-0.2, 0) is 26.3 Å². The van der Waals surface area contributed by atoms with E-state index < -0.39 is 35.1 Å². The van der Waals surface area contributed by atoms with E-state index in [1.807, 2.05) is 13.0 Å². The number of allylic oxidation sites excluding steroid dienone is 3. The van der Waals surface area contributed by atoms with E-state index >= 15 is 0 Å². The molecule has 1 aromatic rings. The number of imide groups is 1. The second-order valence-corrected chi connectivity index (χ2v) is 11.4. The van der Waals surface area contributed by atoms with Gasteiger partial charge in [0.2, 0.25) is 0 Å². The molecular formula is C32H38F6N2O6. The Kier molecular flexibility index (Phi) is 10.4. The van der Waals surface area contributed by atoms with Crippen LogP contribution in [0.15, 0.2) is 41.9 Å². The lowest BCUT2D eigenvalue weighted by Gasteiger charge is -2.36. The highest BCUT2D eigenvalue weighted by molar-refractivity contribution is 6.07. The monoisotopic (exact) mass is 660 g/mol. The van der Waals surface area contributed by atoms with Gasteiger partial charge in [-0.25, -0.2) is 4.79 Å². The van der Waals surface area contributed by atoms with Crippen LogP contribution in [0.4, 0.5) is 31.1 Å². The van der Waals surface area contributed by atoms with Crippen molar-refractivity contribution in [3.63, 3.8) is 0 Å². The predicted molar refractivity (Wildman–Crippen MR) is 155 cm³/mol. The van der Waals surface area contributed by atoms with Gasteiger partial charge in [-0.2, -0.15) is 26.3 Å². The number of unbranched alkanes of at least 4 members (excludes halogenated alkanes) is 1. The summed E-state index contributed by atoms with van der Waals surface area (Å²) < 4.78 is 99.1. The zero-order valence-electron chi connectivity index (χ0n) is 25.8. The highest BCUT2D eigenvalue weighted by Crippen LogP contribution is 2.51. The number of carbonyl (C=O) groups is 2. The van der Waals surface area contributed by atoms with Crippen molar-refractivity contribution in [2.24, 2.45) is 5.92 Å². The number of rotatable bonds is 12. The Hall–Kier alpha value is -3.68. The molecule has 0 saturated carbocycles. The molecule has 254 valence electrons. The molecule has 46 heavy (non-hydrogen) atoms. The largest absolute Gasteiger partial charge is 0.493 e. The molecule has 1 aromatic carbocycles. The number of nitrogens with zero attached hydrogens (tertiary/aromatic N) is 1. The average Bonchev–Trinajstić information content (AvgIpc) is 3.25. The summed E-state index contributed by atoms with van der Waals surface area (Å²) in [6.07, 6.45) is -3.84. The number of hydrogen-bond acceptors (Lipinski definition) is 6. The van der Waals surface area contributed by atoms with Crippen LogP contribution in [0.25, 0.3) is 6.08 Å². The Morgan fingerprint density at radius 3 is 2.41 bits per heavy atom. The lowest BCUT2D eigenvalue weighted by molar-refractivity contribution is -0.376. The van der Waals surface area contributed by atoms with Gasteiger partial charge in [-0.15, -0.1) is 0 Å². The number of hydrogen-bond donors (Lipinski definition) is 2. The van der Waals surface area contributed by atoms with E-state index in [4.69, 9.17) is 14.2 Å². The fraction of sp³-hybridized carbons (Fsp3) is 0.562. The number of amides is 3. The third kappa shape index (κ3) is 6.45. The molecule has 2 heterocycles. The van der Waals surface area contributed by atoms with Crippen LogP contribution in [0.2, 0.25) is 0 Å². The average molecular weight is 661 g/mol. The minimum absolute atomic E-state index is 0.00558. The van der Waals surface area contributed by atoms with Gasteiger partial charge in [-0.05, 0) is 56.4 Å². The minimum atomic E-state index is -6.02. The van der Waals surface area contributed by atoms with Gasteiger partial charge in [0.15, 0.2) is 5.76 Å². The number of nitrogens with one attached hydrogen (secondary N) is 1. The first kappa shape index (κ1) is 35.2. The zero-order chi connectivity index (χ0) is 33.9. The third-order valence-electron chi connectivity index (χ3n) is 8.49. The Bertz CT molecular complexity index is 1390. The maximum atomic E-state index is 13.6. The number of ether oxygens (including phenoxy) is 3. The maximum absolute atomic E-state index is 13.6. The number of aryl methyl sites for hydroxylation is 1. The quantitative estimate of drug-likeness (QED) is 0.148. The first-order valence-corrected chi connectivity index (χ1v) is 15.2. The fourth-order valence-corrected chi connectivity index (χ4v) is 6.07. The topological polar surface area (TPSA) is 97.3 Å². The summed E-state index contributed by atoms with van der Waals surface area (Å²) >= 11 is 0. The van der Waals surface area contributed by atoms with Crippen molar-refractivity contribution in [3.05, 3.63) is 58.6 Å². The Balaban J connectivity index is 1.45. The molecule has 1 saturated heterocycles. The van der Waals surface area contributed by atoms with Crippen molar-refractivity contribution in [1.29, 1.82) is 0 Å². The molecule has 3 amide bonds. The molecule has 14 heteroatoms. The lowest BCUT2D eigenvalue weighted by atomic mass is 9.77. The SMILES string of the molecule is C/C=C/c1cc(C(O)(C(F)(F)F)C(F)(F)F)cc(CCC)c1OCCCCN1C(=O)NC(CC)(C2C=CC3=C(C2)OCCO3)C1=O.